The van der Waals surface area contributed by atoms with Gasteiger partial charge in [-0.3, -0.25) is 5.43 Å². The first kappa shape index (κ1) is 18.4. The zero-order valence-corrected chi connectivity index (χ0v) is 14.5. The van der Waals surface area contributed by atoms with Crippen molar-refractivity contribution in [3.63, 3.8) is 0 Å². The lowest BCUT2D eigenvalue weighted by atomic mass is 9.96. The topological polar surface area (TPSA) is 36.4 Å². The van der Waals surface area contributed by atoms with Crippen LogP contribution in [-0.2, 0) is 0 Å². The number of unbranched alkanes of at least 4 members (excludes halogenated alkanes) is 7. The number of hydrazone groups is 1. The summed E-state index contributed by atoms with van der Waals surface area (Å²) in [5, 5.41) is 8.24. The smallest absolute Gasteiger partial charge is 0.187 e. The molecule has 0 aromatic carbocycles. The summed E-state index contributed by atoms with van der Waals surface area (Å²) in [6.07, 6.45) is 18.9. The van der Waals surface area contributed by atoms with Gasteiger partial charge in [-0.1, -0.05) is 64.7 Å². The zero-order chi connectivity index (χ0) is 15.2. The van der Waals surface area contributed by atoms with Crippen molar-refractivity contribution in [2.24, 2.45) is 5.10 Å². The maximum absolute atomic E-state index is 5.26. The van der Waals surface area contributed by atoms with Crippen LogP contribution in [0.5, 0.6) is 0 Å². The molecule has 1 rings (SSSR count). The fraction of sp³-hybridized carbons (Fsp3) is 0.882. The van der Waals surface area contributed by atoms with Gasteiger partial charge in [-0.2, -0.15) is 5.10 Å². The highest BCUT2D eigenvalue weighted by Gasteiger charge is 2.13. The Hall–Kier alpha value is -0.640. The molecule has 0 radical (unpaired) electrons. The van der Waals surface area contributed by atoms with Gasteiger partial charge in [0.25, 0.3) is 0 Å². The molecular formula is C17H33N3S. The van der Waals surface area contributed by atoms with E-state index in [4.69, 9.17) is 12.2 Å². The molecule has 1 fully saturated rings. The lowest BCUT2D eigenvalue weighted by Gasteiger charge is -2.23. The Labute approximate surface area is 136 Å². The summed E-state index contributed by atoms with van der Waals surface area (Å²) < 4.78 is 0. The van der Waals surface area contributed by atoms with E-state index in [0.717, 1.165) is 6.42 Å². The first-order chi connectivity index (χ1) is 10.3. The standard InChI is InChI=1S/C17H33N3S/c1-2-3-4-5-6-7-8-12-15-18-20-17(21)19-16-13-10-9-11-14-16/h15-16H,2-14H2,1H3,(H2,19,20,21). The predicted molar refractivity (Wildman–Crippen MR) is 96.8 cm³/mol. The highest BCUT2D eigenvalue weighted by atomic mass is 32.1. The van der Waals surface area contributed by atoms with Crippen molar-refractivity contribution >= 4 is 23.5 Å². The highest BCUT2D eigenvalue weighted by Crippen LogP contribution is 2.17. The van der Waals surface area contributed by atoms with Gasteiger partial charge in [0.15, 0.2) is 5.11 Å². The molecule has 4 heteroatoms. The molecule has 0 aromatic heterocycles. The molecule has 0 atom stereocenters. The minimum Gasteiger partial charge on any atom is -0.359 e. The third-order valence-corrected chi connectivity index (χ3v) is 4.34. The van der Waals surface area contributed by atoms with Gasteiger partial charge in [0.1, 0.15) is 0 Å². The molecule has 0 spiro atoms. The number of hydrogen-bond acceptors (Lipinski definition) is 2. The van der Waals surface area contributed by atoms with Crippen molar-refractivity contribution in [3.8, 4) is 0 Å². The summed E-state index contributed by atoms with van der Waals surface area (Å²) >= 11 is 5.26. The third-order valence-electron chi connectivity index (χ3n) is 4.13. The largest absolute Gasteiger partial charge is 0.359 e. The molecule has 1 aliphatic carbocycles. The monoisotopic (exact) mass is 311 g/mol. The van der Waals surface area contributed by atoms with Gasteiger partial charge in [-0.25, -0.2) is 0 Å². The van der Waals surface area contributed by atoms with Crippen molar-refractivity contribution in [2.45, 2.75) is 96.4 Å². The molecule has 122 valence electrons. The fourth-order valence-electron chi connectivity index (χ4n) is 2.83. The van der Waals surface area contributed by atoms with Crippen LogP contribution in [0, 0.1) is 0 Å². The van der Waals surface area contributed by atoms with Crippen LogP contribution in [0.25, 0.3) is 0 Å². The van der Waals surface area contributed by atoms with E-state index in [1.165, 1.54) is 77.0 Å². The van der Waals surface area contributed by atoms with Gasteiger partial charge in [0.2, 0.25) is 0 Å². The number of hydrogen-bond donors (Lipinski definition) is 2. The lowest BCUT2D eigenvalue weighted by Crippen LogP contribution is -2.40. The Morgan fingerprint density at radius 3 is 2.43 bits per heavy atom. The van der Waals surface area contributed by atoms with Crippen LogP contribution in [0.15, 0.2) is 5.10 Å². The van der Waals surface area contributed by atoms with Crippen LogP contribution < -0.4 is 10.7 Å². The first-order valence-electron chi connectivity index (χ1n) is 8.91. The molecule has 1 aliphatic rings. The van der Waals surface area contributed by atoms with Gasteiger partial charge < -0.3 is 5.32 Å². The van der Waals surface area contributed by atoms with Crippen molar-refractivity contribution < 1.29 is 0 Å². The highest BCUT2D eigenvalue weighted by molar-refractivity contribution is 7.80. The van der Waals surface area contributed by atoms with E-state index < -0.39 is 0 Å². The van der Waals surface area contributed by atoms with Gasteiger partial charge in [-0.15, -0.1) is 0 Å². The number of thiocarbonyl (C=S) groups is 1. The summed E-state index contributed by atoms with van der Waals surface area (Å²) in [6.45, 7) is 2.26. The average Bonchev–Trinajstić information content (AvgIpc) is 2.50. The van der Waals surface area contributed by atoms with Crippen molar-refractivity contribution in [1.29, 1.82) is 0 Å². The van der Waals surface area contributed by atoms with E-state index in [1.54, 1.807) is 0 Å². The summed E-state index contributed by atoms with van der Waals surface area (Å²) in [5.41, 5.74) is 2.94. The van der Waals surface area contributed by atoms with Gasteiger partial charge >= 0.3 is 0 Å². The molecule has 3 nitrogen and oxygen atoms in total. The molecule has 0 unspecified atom stereocenters. The van der Waals surface area contributed by atoms with Crippen LogP contribution in [-0.4, -0.2) is 17.4 Å². The summed E-state index contributed by atoms with van der Waals surface area (Å²) in [4.78, 5) is 0. The second kappa shape index (κ2) is 13.1. The third kappa shape index (κ3) is 10.7. The molecule has 0 saturated heterocycles. The van der Waals surface area contributed by atoms with Crippen molar-refractivity contribution in [3.05, 3.63) is 0 Å². The molecule has 0 bridgehead atoms. The Balaban J connectivity index is 1.90. The lowest BCUT2D eigenvalue weighted by molar-refractivity contribution is 0.412. The molecule has 1 saturated carbocycles. The van der Waals surface area contributed by atoms with E-state index in [9.17, 15) is 0 Å². The fourth-order valence-corrected chi connectivity index (χ4v) is 3.05. The molecule has 21 heavy (non-hydrogen) atoms. The molecule has 0 aromatic rings. The number of nitrogens with zero attached hydrogens (tertiary/aromatic N) is 1. The zero-order valence-electron chi connectivity index (χ0n) is 13.7. The molecule has 2 N–H and O–H groups in total. The van der Waals surface area contributed by atoms with E-state index in [0.29, 0.717) is 11.2 Å². The molecular weight excluding hydrogens is 278 g/mol. The minimum atomic E-state index is 0.553. The number of rotatable bonds is 10. The molecule has 0 heterocycles. The van der Waals surface area contributed by atoms with Crippen LogP contribution in [0.2, 0.25) is 0 Å². The van der Waals surface area contributed by atoms with E-state index in [2.05, 4.69) is 22.8 Å². The van der Waals surface area contributed by atoms with E-state index in [1.807, 2.05) is 6.21 Å². The van der Waals surface area contributed by atoms with Crippen molar-refractivity contribution in [1.82, 2.24) is 10.7 Å². The summed E-state index contributed by atoms with van der Waals surface area (Å²) in [5.74, 6) is 0. The van der Waals surface area contributed by atoms with Gasteiger partial charge in [0.05, 0.1) is 0 Å². The maximum atomic E-state index is 5.26. The minimum absolute atomic E-state index is 0.553. The average molecular weight is 312 g/mol. The normalized spacial score (nSPS) is 16.2. The second-order valence-corrected chi connectivity index (χ2v) is 6.55. The Morgan fingerprint density at radius 1 is 1.05 bits per heavy atom. The van der Waals surface area contributed by atoms with Crippen molar-refractivity contribution in [2.75, 3.05) is 0 Å². The van der Waals surface area contributed by atoms with Gasteiger partial charge in [-0.05, 0) is 37.9 Å². The van der Waals surface area contributed by atoms with E-state index >= 15 is 0 Å². The summed E-state index contributed by atoms with van der Waals surface area (Å²) in [6, 6.07) is 0.553. The summed E-state index contributed by atoms with van der Waals surface area (Å²) in [7, 11) is 0. The van der Waals surface area contributed by atoms with E-state index in [-0.39, 0.29) is 0 Å². The molecule has 0 aliphatic heterocycles. The van der Waals surface area contributed by atoms with Crippen LogP contribution >= 0.6 is 12.2 Å². The Kier molecular flexibility index (Phi) is 11.4. The SMILES string of the molecule is CCCCCCCCCC=NNC(=S)NC1CCCCC1. The predicted octanol–water partition coefficient (Wildman–Crippen LogP) is 4.91. The quantitative estimate of drug-likeness (QED) is 0.260. The first-order valence-corrected chi connectivity index (χ1v) is 9.31. The Morgan fingerprint density at radius 2 is 1.71 bits per heavy atom. The maximum Gasteiger partial charge on any atom is 0.187 e. The van der Waals surface area contributed by atoms with Crippen LogP contribution in [0.4, 0.5) is 0 Å². The Bertz CT molecular complexity index is 286. The number of nitrogens with one attached hydrogen (secondary N) is 2. The molecule has 0 amide bonds. The van der Waals surface area contributed by atoms with Crippen LogP contribution in [0.1, 0.15) is 90.4 Å². The van der Waals surface area contributed by atoms with Crippen LogP contribution in [0.3, 0.4) is 0 Å². The van der Waals surface area contributed by atoms with Gasteiger partial charge in [0, 0.05) is 12.3 Å². The second-order valence-electron chi connectivity index (χ2n) is 6.14.